The van der Waals surface area contributed by atoms with E-state index in [0.29, 0.717) is 0 Å². The van der Waals surface area contributed by atoms with E-state index in [2.05, 4.69) is 15.9 Å². The Kier molecular flexibility index (Phi) is 4.98. The summed E-state index contributed by atoms with van der Waals surface area (Å²) in [6, 6.07) is 6.45. The predicted molar refractivity (Wildman–Crippen MR) is 57.5 cm³/mol. The van der Waals surface area contributed by atoms with Crippen LogP contribution in [0, 0.1) is 0 Å². The Morgan fingerprint density at radius 1 is 1.31 bits per heavy atom. The molecule has 0 heterocycles. The van der Waals surface area contributed by atoms with Crippen molar-refractivity contribution in [3.8, 4) is 0 Å². The molecule has 3 nitrogen and oxygen atoms in total. The maximum atomic E-state index is 10.7. The highest BCUT2D eigenvalue weighted by molar-refractivity contribution is 9.10. The third-order valence-corrected chi connectivity index (χ3v) is 2.06. The number of amides is 1. The first-order chi connectivity index (χ1) is 5.61. The van der Waals surface area contributed by atoms with E-state index in [0.717, 1.165) is 10.0 Å². The van der Waals surface area contributed by atoms with E-state index in [1.165, 1.54) is 0 Å². The molecule has 1 aromatic rings. The maximum absolute atomic E-state index is 10.7. The summed E-state index contributed by atoms with van der Waals surface area (Å²) in [7, 11) is 0. The Labute approximate surface area is 91.0 Å². The van der Waals surface area contributed by atoms with E-state index in [1.54, 1.807) is 12.1 Å². The van der Waals surface area contributed by atoms with Gasteiger partial charge in [-0.05, 0) is 17.7 Å². The maximum Gasteiger partial charge on any atom is 0.238 e. The van der Waals surface area contributed by atoms with Crippen molar-refractivity contribution < 1.29 is 4.79 Å². The second-order valence-corrected chi connectivity index (χ2v) is 3.35. The van der Waals surface area contributed by atoms with E-state index < -0.39 is 11.9 Å². The lowest BCUT2D eigenvalue weighted by Gasteiger charge is -2.06. The third kappa shape index (κ3) is 3.34. The molecule has 0 radical (unpaired) electrons. The molecule has 1 atom stereocenters. The molecular formula is C8H10BrClN2O. The summed E-state index contributed by atoms with van der Waals surface area (Å²) in [5.41, 5.74) is 11.3. The minimum Gasteiger partial charge on any atom is -0.368 e. The molecule has 0 spiro atoms. The summed E-state index contributed by atoms with van der Waals surface area (Å²) < 4.78 is 0.947. The number of carbonyl (C=O) groups is 1. The summed E-state index contributed by atoms with van der Waals surface area (Å²) >= 11 is 3.27. The van der Waals surface area contributed by atoms with Crippen molar-refractivity contribution >= 4 is 34.2 Å². The van der Waals surface area contributed by atoms with Gasteiger partial charge in [0, 0.05) is 4.47 Å². The molecule has 0 fully saturated rings. The average Bonchev–Trinajstić information content (AvgIpc) is 2.04. The molecule has 0 saturated carbocycles. The molecule has 1 amide bonds. The van der Waals surface area contributed by atoms with Crippen molar-refractivity contribution in [1.82, 2.24) is 0 Å². The molecule has 13 heavy (non-hydrogen) atoms. The van der Waals surface area contributed by atoms with E-state index in [9.17, 15) is 4.79 Å². The fourth-order valence-electron chi connectivity index (χ4n) is 0.834. The fourth-order valence-corrected chi connectivity index (χ4v) is 1.10. The van der Waals surface area contributed by atoms with Gasteiger partial charge in [0.15, 0.2) is 0 Å². The lowest BCUT2D eigenvalue weighted by molar-refractivity contribution is -0.119. The highest BCUT2D eigenvalue weighted by Crippen LogP contribution is 2.14. The lowest BCUT2D eigenvalue weighted by Crippen LogP contribution is -2.28. The summed E-state index contributed by atoms with van der Waals surface area (Å²) in [5, 5.41) is 0. The van der Waals surface area contributed by atoms with Crippen molar-refractivity contribution in [2.75, 3.05) is 0 Å². The zero-order chi connectivity index (χ0) is 9.14. The quantitative estimate of drug-likeness (QED) is 0.847. The van der Waals surface area contributed by atoms with Crippen LogP contribution in [0.2, 0.25) is 0 Å². The van der Waals surface area contributed by atoms with Gasteiger partial charge < -0.3 is 11.5 Å². The van der Waals surface area contributed by atoms with Crippen molar-refractivity contribution in [3.05, 3.63) is 34.3 Å². The first kappa shape index (κ1) is 12.4. The summed E-state index contributed by atoms with van der Waals surface area (Å²) in [6.07, 6.45) is 0. The van der Waals surface area contributed by atoms with Gasteiger partial charge in [-0.25, -0.2) is 0 Å². The van der Waals surface area contributed by atoms with Gasteiger partial charge in [0.05, 0.1) is 0 Å². The molecule has 0 aliphatic carbocycles. The molecule has 0 aliphatic heterocycles. The van der Waals surface area contributed by atoms with Crippen LogP contribution >= 0.6 is 28.3 Å². The first-order valence-electron chi connectivity index (χ1n) is 3.41. The van der Waals surface area contributed by atoms with Crippen LogP contribution in [0.3, 0.4) is 0 Å². The lowest BCUT2D eigenvalue weighted by atomic mass is 10.1. The first-order valence-corrected chi connectivity index (χ1v) is 4.21. The van der Waals surface area contributed by atoms with Gasteiger partial charge in [-0.15, -0.1) is 12.4 Å². The van der Waals surface area contributed by atoms with Gasteiger partial charge >= 0.3 is 0 Å². The highest BCUT2D eigenvalue weighted by atomic mass is 79.9. The van der Waals surface area contributed by atoms with Crippen LogP contribution in [0.25, 0.3) is 0 Å². The number of rotatable bonds is 2. The largest absolute Gasteiger partial charge is 0.368 e. The van der Waals surface area contributed by atoms with E-state index in [-0.39, 0.29) is 12.4 Å². The van der Waals surface area contributed by atoms with Gasteiger partial charge in [-0.2, -0.15) is 0 Å². The highest BCUT2D eigenvalue weighted by Gasteiger charge is 2.10. The van der Waals surface area contributed by atoms with Crippen molar-refractivity contribution in [3.63, 3.8) is 0 Å². The van der Waals surface area contributed by atoms with E-state index >= 15 is 0 Å². The molecule has 0 aliphatic rings. The molecular weight excluding hydrogens is 255 g/mol. The van der Waals surface area contributed by atoms with E-state index in [1.807, 2.05) is 12.1 Å². The monoisotopic (exact) mass is 264 g/mol. The number of nitrogens with two attached hydrogens (primary N) is 2. The summed E-state index contributed by atoms with van der Waals surface area (Å²) in [6.45, 7) is 0. The minimum atomic E-state index is -0.710. The van der Waals surface area contributed by atoms with Crippen molar-refractivity contribution in [1.29, 1.82) is 0 Å². The normalized spacial score (nSPS) is 11.5. The zero-order valence-corrected chi connectivity index (χ0v) is 9.14. The van der Waals surface area contributed by atoms with Crippen LogP contribution < -0.4 is 11.5 Å². The van der Waals surface area contributed by atoms with Crippen LogP contribution in [0.15, 0.2) is 28.7 Å². The molecule has 5 heteroatoms. The Morgan fingerprint density at radius 3 is 2.15 bits per heavy atom. The molecule has 1 rings (SSSR count). The molecule has 1 unspecified atom stereocenters. The summed E-state index contributed by atoms with van der Waals surface area (Å²) in [5.74, 6) is -0.516. The third-order valence-electron chi connectivity index (χ3n) is 1.54. The van der Waals surface area contributed by atoms with Gasteiger partial charge in [0.25, 0.3) is 0 Å². The van der Waals surface area contributed by atoms with Crippen LogP contribution in [0.4, 0.5) is 0 Å². The Morgan fingerprint density at radius 2 is 1.77 bits per heavy atom. The SMILES string of the molecule is Cl.NC(=O)C(N)c1ccc(Br)cc1. The number of primary amides is 1. The number of halogens is 2. The van der Waals surface area contributed by atoms with Crippen LogP contribution in [0.5, 0.6) is 0 Å². The Hall–Kier alpha value is -0.580. The Balaban J connectivity index is 0.00000144. The van der Waals surface area contributed by atoms with E-state index in [4.69, 9.17) is 11.5 Å². The second-order valence-electron chi connectivity index (χ2n) is 2.43. The number of hydrogen-bond donors (Lipinski definition) is 2. The number of benzene rings is 1. The molecule has 0 aromatic heterocycles. The molecule has 4 N–H and O–H groups in total. The van der Waals surface area contributed by atoms with Crippen LogP contribution in [-0.2, 0) is 4.79 Å². The smallest absolute Gasteiger partial charge is 0.238 e. The zero-order valence-electron chi connectivity index (χ0n) is 6.74. The fraction of sp³-hybridized carbons (Fsp3) is 0.125. The van der Waals surface area contributed by atoms with Gasteiger partial charge in [0.1, 0.15) is 6.04 Å². The van der Waals surface area contributed by atoms with Gasteiger partial charge in [-0.1, -0.05) is 28.1 Å². The predicted octanol–water partition coefficient (Wildman–Crippen LogP) is 1.36. The molecule has 0 bridgehead atoms. The standard InChI is InChI=1S/C8H9BrN2O.ClH/c9-6-3-1-5(2-4-6)7(10)8(11)12;/h1-4,7H,10H2,(H2,11,12);1H. The van der Waals surface area contributed by atoms with Gasteiger partial charge in [0.2, 0.25) is 5.91 Å². The minimum absolute atomic E-state index is 0. The second kappa shape index (κ2) is 5.21. The Bertz CT molecular complexity index is 289. The molecule has 0 saturated heterocycles. The van der Waals surface area contributed by atoms with Crippen molar-refractivity contribution in [2.24, 2.45) is 11.5 Å². The molecule has 72 valence electrons. The topological polar surface area (TPSA) is 69.1 Å². The average molecular weight is 266 g/mol. The van der Waals surface area contributed by atoms with Crippen LogP contribution in [0.1, 0.15) is 11.6 Å². The van der Waals surface area contributed by atoms with Crippen molar-refractivity contribution in [2.45, 2.75) is 6.04 Å². The number of hydrogen-bond acceptors (Lipinski definition) is 2. The van der Waals surface area contributed by atoms with Crippen LogP contribution in [-0.4, -0.2) is 5.91 Å². The molecule has 1 aromatic carbocycles. The number of carbonyl (C=O) groups excluding carboxylic acids is 1. The summed E-state index contributed by atoms with van der Waals surface area (Å²) in [4.78, 5) is 10.7. The van der Waals surface area contributed by atoms with Gasteiger partial charge in [-0.3, -0.25) is 4.79 Å².